The molecule has 2 heterocycles. The second kappa shape index (κ2) is 9.89. The van der Waals surface area contributed by atoms with Gasteiger partial charge in [-0.05, 0) is 86.7 Å². The molecule has 4 saturated carbocycles. The summed E-state index contributed by atoms with van der Waals surface area (Å²) >= 11 is 0. The van der Waals surface area contributed by atoms with E-state index >= 15 is 0 Å². The lowest BCUT2D eigenvalue weighted by Crippen LogP contribution is -2.61. The minimum atomic E-state index is -0.990. The molecule has 3 N–H and O–H groups in total. The molecule has 1 saturated heterocycles. The molecule has 5 aliphatic carbocycles. The molecule has 5 atom stereocenters. The summed E-state index contributed by atoms with van der Waals surface area (Å²) in [7, 11) is 0. The number of fused-ring (bicyclic) bond motifs is 3. The highest BCUT2D eigenvalue weighted by Crippen LogP contribution is 2.60. The van der Waals surface area contributed by atoms with Gasteiger partial charge in [-0.15, -0.1) is 0 Å². The van der Waals surface area contributed by atoms with Gasteiger partial charge in [0, 0.05) is 30.8 Å². The van der Waals surface area contributed by atoms with Crippen LogP contribution in [-0.2, 0) is 14.3 Å². The topological polar surface area (TPSA) is 108 Å². The predicted molar refractivity (Wildman–Crippen MR) is 143 cm³/mol. The van der Waals surface area contributed by atoms with Gasteiger partial charge in [0.15, 0.2) is 0 Å². The van der Waals surface area contributed by atoms with E-state index in [1.165, 1.54) is 19.3 Å². The number of carbonyl (C=O) groups is 2. The zero-order valence-corrected chi connectivity index (χ0v) is 22.5. The van der Waals surface area contributed by atoms with E-state index in [9.17, 15) is 19.8 Å². The Bertz CT molecular complexity index is 1120. The maximum absolute atomic E-state index is 14.2. The lowest BCUT2D eigenvalue weighted by molar-refractivity contribution is -0.154. The second-order valence-electron chi connectivity index (χ2n) is 13.1. The van der Waals surface area contributed by atoms with E-state index in [4.69, 9.17) is 9.47 Å². The summed E-state index contributed by atoms with van der Waals surface area (Å²) in [5.41, 5.74) is 1.42. The number of amides is 2. The molecular formula is C31H40N2O6. The van der Waals surface area contributed by atoms with Crippen molar-refractivity contribution in [2.75, 3.05) is 26.3 Å². The van der Waals surface area contributed by atoms with E-state index in [-0.39, 0.29) is 30.4 Å². The zero-order valence-electron chi connectivity index (χ0n) is 22.5. The molecule has 2 aliphatic heterocycles. The van der Waals surface area contributed by atoms with E-state index in [0.717, 1.165) is 49.0 Å². The summed E-state index contributed by atoms with van der Waals surface area (Å²) in [6.07, 6.45) is 8.53. The normalized spacial score (nSPS) is 39.5. The van der Waals surface area contributed by atoms with Gasteiger partial charge in [-0.1, -0.05) is 18.2 Å². The molecule has 8 nitrogen and oxygen atoms in total. The second-order valence-corrected chi connectivity index (χ2v) is 13.1. The van der Waals surface area contributed by atoms with Gasteiger partial charge < -0.3 is 29.9 Å². The third-order valence-corrected chi connectivity index (χ3v) is 10.4. The van der Waals surface area contributed by atoms with Crippen molar-refractivity contribution >= 4 is 11.8 Å². The van der Waals surface area contributed by atoms with Crippen LogP contribution in [0.15, 0.2) is 35.9 Å². The number of hydrogen-bond acceptors (Lipinski definition) is 6. The predicted octanol–water partition coefficient (Wildman–Crippen LogP) is 2.53. The maximum Gasteiger partial charge on any atom is 0.252 e. The monoisotopic (exact) mass is 536 g/mol. The summed E-state index contributed by atoms with van der Waals surface area (Å²) in [5.74, 6) is 2.05. The lowest BCUT2D eigenvalue weighted by Gasteiger charge is -2.58. The summed E-state index contributed by atoms with van der Waals surface area (Å²) in [6.45, 7) is 1.13. The Morgan fingerprint density at radius 1 is 1.08 bits per heavy atom. The van der Waals surface area contributed by atoms with Crippen molar-refractivity contribution in [3.8, 4) is 5.75 Å². The average molecular weight is 537 g/mol. The van der Waals surface area contributed by atoms with Gasteiger partial charge in [0.25, 0.3) is 5.91 Å². The maximum atomic E-state index is 14.2. The van der Waals surface area contributed by atoms with Crippen LogP contribution in [0.1, 0.15) is 62.8 Å². The van der Waals surface area contributed by atoms with E-state index in [1.54, 1.807) is 0 Å². The molecule has 210 valence electrons. The zero-order chi connectivity index (χ0) is 26.7. The molecule has 1 aromatic rings. The number of aliphatic hydroxyl groups is 2. The van der Waals surface area contributed by atoms with Crippen LogP contribution in [0.5, 0.6) is 5.75 Å². The Hall–Kier alpha value is -2.42. The number of para-hydroxylation sites is 1. The fourth-order valence-corrected chi connectivity index (χ4v) is 9.32. The average Bonchev–Trinajstić information content (AvgIpc) is 3.59. The molecule has 8 rings (SSSR count). The molecule has 2 amide bonds. The third kappa shape index (κ3) is 4.39. The molecule has 0 radical (unpaired) electrons. The van der Waals surface area contributed by atoms with Crippen LogP contribution < -0.4 is 10.1 Å². The number of aliphatic hydroxyl groups excluding tert-OH is 2. The first-order valence-electron chi connectivity index (χ1n) is 14.9. The van der Waals surface area contributed by atoms with Crippen molar-refractivity contribution in [3.05, 3.63) is 41.5 Å². The van der Waals surface area contributed by atoms with Crippen LogP contribution in [-0.4, -0.2) is 77.6 Å². The van der Waals surface area contributed by atoms with Crippen LogP contribution in [0.25, 0.3) is 0 Å². The summed E-state index contributed by atoms with van der Waals surface area (Å²) in [5, 5.41) is 24.1. The SMILES string of the molecule is O=C(NCCO)C1=CC(N(CC23CC4CC(CC(C4)C2)C3)C(=O)C2CCCO2)C(O)C2Oc3ccccc3C12. The summed E-state index contributed by atoms with van der Waals surface area (Å²) in [6, 6.07) is 6.90. The number of benzene rings is 1. The van der Waals surface area contributed by atoms with Crippen LogP contribution in [0.3, 0.4) is 0 Å². The highest BCUT2D eigenvalue weighted by atomic mass is 16.5. The van der Waals surface area contributed by atoms with Crippen LogP contribution >= 0.6 is 0 Å². The van der Waals surface area contributed by atoms with E-state index in [1.807, 2.05) is 35.2 Å². The van der Waals surface area contributed by atoms with E-state index in [0.29, 0.717) is 30.9 Å². The third-order valence-electron chi connectivity index (χ3n) is 10.4. The smallest absolute Gasteiger partial charge is 0.252 e. The quantitative estimate of drug-likeness (QED) is 0.494. The molecule has 1 aromatic carbocycles. The Morgan fingerprint density at radius 2 is 1.79 bits per heavy atom. The highest BCUT2D eigenvalue weighted by molar-refractivity contribution is 5.96. The van der Waals surface area contributed by atoms with Gasteiger partial charge >= 0.3 is 0 Å². The molecule has 7 aliphatic rings. The number of nitrogens with one attached hydrogen (secondary N) is 1. The van der Waals surface area contributed by atoms with Gasteiger partial charge in [-0.2, -0.15) is 0 Å². The molecule has 8 heteroatoms. The van der Waals surface area contributed by atoms with Gasteiger partial charge in [0.1, 0.15) is 24.1 Å². The summed E-state index contributed by atoms with van der Waals surface area (Å²) < 4.78 is 12.2. The van der Waals surface area contributed by atoms with Gasteiger partial charge in [0.2, 0.25) is 5.91 Å². The van der Waals surface area contributed by atoms with Gasteiger partial charge in [-0.3, -0.25) is 9.59 Å². The first kappa shape index (κ1) is 25.5. The minimum Gasteiger partial charge on any atom is -0.486 e. The van der Waals surface area contributed by atoms with Crippen molar-refractivity contribution < 1.29 is 29.3 Å². The Kier molecular flexibility index (Phi) is 6.48. The standard InChI is InChI=1S/C31H40N2O6/c34-8-7-32-29(36)22-13-23(27(35)28-26(22)21-4-1-2-5-24(21)39-28)33(30(37)25-6-3-9-38-25)17-31-14-18-10-19(15-31)12-20(11-18)16-31/h1-2,4-5,13,18-20,23,25-28,34-35H,3,6-12,14-17H2,(H,32,36). The van der Waals surface area contributed by atoms with Crippen LogP contribution in [0.2, 0.25) is 0 Å². The number of ether oxygens (including phenoxy) is 2. The lowest BCUT2D eigenvalue weighted by atomic mass is 9.49. The molecule has 39 heavy (non-hydrogen) atoms. The number of rotatable bonds is 7. The molecule has 0 aromatic heterocycles. The van der Waals surface area contributed by atoms with Crippen molar-refractivity contribution in [2.45, 2.75) is 81.6 Å². The summed E-state index contributed by atoms with van der Waals surface area (Å²) in [4.78, 5) is 29.5. The Morgan fingerprint density at radius 3 is 2.46 bits per heavy atom. The van der Waals surface area contributed by atoms with Crippen molar-refractivity contribution in [2.24, 2.45) is 23.2 Å². The number of nitrogens with zero attached hydrogens (tertiary/aromatic N) is 1. The molecule has 0 spiro atoms. The fourth-order valence-electron chi connectivity index (χ4n) is 9.32. The Balaban J connectivity index is 1.27. The highest BCUT2D eigenvalue weighted by Gasteiger charge is 2.55. The molecular weight excluding hydrogens is 496 g/mol. The molecule has 4 bridgehead atoms. The van der Waals surface area contributed by atoms with Crippen LogP contribution in [0, 0.1) is 23.2 Å². The number of hydrogen-bond donors (Lipinski definition) is 3. The van der Waals surface area contributed by atoms with E-state index in [2.05, 4.69) is 5.32 Å². The minimum absolute atomic E-state index is 0.0617. The van der Waals surface area contributed by atoms with Crippen LogP contribution in [0.4, 0.5) is 0 Å². The first-order chi connectivity index (χ1) is 18.9. The van der Waals surface area contributed by atoms with Gasteiger partial charge in [0.05, 0.1) is 18.6 Å². The van der Waals surface area contributed by atoms with E-state index < -0.39 is 30.3 Å². The Labute approximate surface area is 229 Å². The number of carbonyl (C=O) groups excluding carboxylic acids is 2. The first-order valence-corrected chi connectivity index (χ1v) is 14.9. The van der Waals surface area contributed by atoms with Crippen molar-refractivity contribution in [1.29, 1.82) is 0 Å². The van der Waals surface area contributed by atoms with Gasteiger partial charge in [-0.25, -0.2) is 0 Å². The molecule has 5 fully saturated rings. The largest absolute Gasteiger partial charge is 0.486 e. The van der Waals surface area contributed by atoms with Crippen molar-refractivity contribution in [3.63, 3.8) is 0 Å². The molecule has 5 unspecified atom stereocenters. The van der Waals surface area contributed by atoms with Crippen molar-refractivity contribution in [1.82, 2.24) is 10.2 Å². The fraction of sp³-hybridized carbons (Fsp3) is 0.677.